The molecule has 174 valence electrons. The van der Waals surface area contributed by atoms with Gasteiger partial charge in [0.05, 0.1) is 11.3 Å². The molecule has 2 aromatic carbocycles. The van der Waals surface area contributed by atoms with E-state index < -0.39 is 5.97 Å². The first-order chi connectivity index (χ1) is 16.4. The number of carbonyl (C=O) groups is 2. The van der Waals surface area contributed by atoms with Gasteiger partial charge in [-0.1, -0.05) is 49.4 Å². The van der Waals surface area contributed by atoms with E-state index in [1.165, 1.54) is 28.0 Å². The molecule has 2 aromatic heterocycles. The van der Waals surface area contributed by atoms with Crippen LogP contribution in [-0.4, -0.2) is 33.1 Å². The molecule has 0 radical (unpaired) electrons. The Labute approximate surface area is 199 Å². The highest BCUT2D eigenvalue weighted by Gasteiger charge is 2.14. The van der Waals surface area contributed by atoms with Crippen LogP contribution in [0, 0.1) is 0 Å². The molecule has 4 rings (SSSR count). The van der Waals surface area contributed by atoms with Crippen LogP contribution in [-0.2, 0) is 16.1 Å². The molecule has 0 spiro atoms. The first kappa shape index (κ1) is 23.1. The quantitative estimate of drug-likeness (QED) is 0.385. The summed E-state index contributed by atoms with van der Waals surface area (Å²) in [6, 6.07) is 16.6. The van der Waals surface area contributed by atoms with Crippen LogP contribution in [0.2, 0.25) is 0 Å². The summed E-state index contributed by atoms with van der Waals surface area (Å²) in [7, 11) is 0. The maximum atomic E-state index is 12.5. The second-order valence-corrected chi connectivity index (χ2v) is 8.67. The number of benzene rings is 2. The maximum absolute atomic E-state index is 12.5. The Kier molecular flexibility index (Phi) is 6.98. The van der Waals surface area contributed by atoms with E-state index in [9.17, 15) is 14.4 Å². The van der Waals surface area contributed by atoms with Gasteiger partial charge in [-0.15, -0.1) is 0 Å². The van der Waals surface area contributed by atoms with Gasteiger partial charge in [0.2, 0.25) is 4.96 Å². The molecule has 0 fully saturated rings. The van der Waals surface area contributed by atoms with E-state index in [1.807, 2.05) is 32.0 Å². The van der Waals surface area contributed by atoms with Crippen LogP contribution in [0.3, 0.4) is 0 Å². The van der Waals surface area contributed by atoms with Crippen molar-refractivity contribution in [2.75, 3.05) is 11.9 Å². The first-order valence-corrected chi connectivity index (χ1v) is 11.4. The highest BCUT2D eigenvalue weighted by atomic mass is 32.1. The predicted molar refractivity (Wildman–Crippen MR) is 127 cm³/mol. The van der Waals surface area contributed by atoms with E-state index in [-0.39, 0.29) is 36.2 Å². The summed E-state index contributed by atoms with van der Waals surface area (Å²) in [6.45, 7) is 3.63. The summed E-state index contributed by atoms with van der Waals surface area (Å²) >= 11 is 1.32. The fourth-order valence-corrected chi connectivity index (χ4v) is 3.91. The average Bonchev–Trinajstić information content (AvgIpc) is 3.27. The van der Waals surface area contributed by atoms with Gasteiger partial charge in [0.15, 0.2) is 6.61 Å². The number of hydrogen-bond acceptors (Lipinski definition) is 8. The van der Waals surface area contributed by atoms with Crippen molar-refractivity contribution in [3.63, 3.8) is 0 Å². The van der Waals surface area contributed by atoms with Crippen LogP contribution in [0.15, 0.2) is 65.5 Å². The number of fused-ring (bicyclic) bond motifs is 1. The zero-order valence-electron chi connectivity index (χ0n) is 18.6. The Morgan fingerprint density at radius 3 is 2.65 bits per heavy atom. The Morgan fingerprint density at radius 1 is 1.09 bits per heavy atom. The molecule has 0 atom stereocenters. The van der Waals surface area contributed by atoms with E-state index in [0.717, 1.165) is 5.01 Å². The molecule has 0 aliphatic heterocycles. The molecule has 10 heteroatoms. The van der Waals surface area contributed by atoms with Crippen molar-refractivity contribution >= 4 is 33.9 Å². The van der Waals surface area contributed by atoms with Crippen molar-refractivity contribution in [3.05, 3.63) is 87.3 Å². The minimum Gasteiger partial charge on any atom is -0.484 e. The molecule has 1 N–H and O–H groups in total. The number of amides is 1. The minimum atomic E-state index is -0.606. The van der Waals surface area contributed by atoms with Crippen LogP contribution in [0.25, 0.3) is 4.96 Å². The Bertz CT molecular complexity index is 1380. The van der Waals surface area contributed by atoms with Crippen molar-refractivity contribution in [2.45, 2.75) is 26.4 Å². The third kappa shape index (κ3) is 5.65. The predicted octanol–water partition coefficient (Wildman–Crippen LogP) is 3.65. The number of anilines is 1. The van der Waals surface area contributed by atoms with Gasteiger partial charge in [-0.05, 0) is 30.3 Å². The number of para-hydroxylation sites is 1. The Balaban J connectivity index is 1.36. The maximum Gasteiger partial charge on any atom is 0.338 e. The van der Waals surface area contributed by atoms with Crippen LogP contribution in [0.4, 0.5) is 5.69 Å². The minimum absolute atomic E-state index is 0.166. The van der Waals surface area contributed by atoms with Crippen LogP contribution >= 0.6 is 11.3 Å². The average molecular weight is 479 g/mol. The number of hydrogen-bond donors (Lipinski definition) is 1. The summed E-state index contributed by atoms with van der Waals surface area (Å²) in [5.41, 5.74) is 0.681. The van der Waals surface area contributed by atoms with E-state index in [1.54, 1.807) is 30.3 Å². The molecule has 2 heterocycles. The van der Waals surface area contributed by atoms with Gasteiger partial charge in [-0.3, -0.25) is 9.59 Å². The molecule has 0 saturated heterocycles. The van der Waals surface area contributed by atoms with Crippen LogP contribution in [0.5, 0.6) is 5.75 Å². The Hall–Kier alpha value is -4.05. The Morgan fingerprint density at radius 2 is 1.88 bits per heavy atom. The molecule has 0 aliphatic rings. The van der Waals surface area contributed by atoms with Gasteiger partial charge >= 0.3 is 5.97 Å². The number of nitrogens with one attached hydrogen (secondary N) is 1. The molecule has 0 aliphatic carbocycles. The topological polar surface area (TPSA) is 112 Å². The summed E-state index contributed by atoms with van der Waals surface area (Å²) < 4.78 is 12.0. The number of carbonyl (C=O) groups excluding carboxylic acids is 2. The lowest BCUT2D eigenvalue weighted by Gasteiger charge is -2.09. The van der Waals surface area contributed by atoms with Crippen molar-refractivity contribution in [1.82, 2.24) is 14.6 Å². The van der Waals surface area contributed by atoms with Crippen molar-refractivity contribution in [1.29, 1.82) is 0 Å². The molecule has 4 aromatic rings. The number of esters is 1. The molecular formula is C24H22N4O5S. The molecule has 9 nitrogen and oxygen atoms in total. The van der Waals surface area contributed by atoms with Gasteiger partial charge in [0, 0.05) is 17.7 Å². The normalized spacial score (nSPS) is 10.9. The monoisotopic (exact) mass is 478 g/mol. The molecular weight excluding hydrogens is 456 g/mol. The third-order valence-electron chi connectivity index (χ3n) is 4.65. The van der Waals surface area contributed by atoms with E-state index in [2.05, 4.69) is 15.4 Å². The second kappa shape index (κ2) is 10.3. The van der Waals surface area contributed by atoms with Gasteiger partial charge in [0.1, 0.15) is 17.4 Å². The standard InChI is InChI=1S/C24H22N4O5S/c1-15(2)22-27-28-21(30)12-18(26-24(28)34-22)13-33-23(31)16-7-6-8-17(11-16)25-20(29)14-32-19-9-4-3-5-10-19/h3-12,15H,13-14H2,1-2H3,(H,25,29). The van der Waals surface area contributed by atoms with E-state index in [0.29, 0.717) is 22.1 Å². The molecule has 34 heavy (non-hydrogen) atoms. The van der Waals surface area contributed by atoms with Gasteiger partial charge in [0.25, 0.3) is 11.5 Å². The van der Waals surface area contributed by atoms with Crippen LogP contribution in [0.1, 0.15) is 40.8 Å². The first-order valence-electron chi connectivity index (χ1n) is 10.5. The van der Waals surface area contributed by atoms with E-state index >= 15 is 0 Å². The van der Waals surface area contributed by atoms with E-state index in [4.69, 9.17) is 9.47 Å². The van der Waals surface area contributed by atoms with Crippen molar-refractivity contribution < 1.29 is 19.1 Å². The molecule has 0 saturated carbocycles. The fourth-order valence-electron chi connectivity index (χ4n) is 2.99. The summed E-state index contributed by atoms with van der Waals surface area (Å²) in [5.74, 6) is -0.214. The smallest absolute Gasteiger partial charge is 0.338 e. The highest BCUT2D eigenvalue weighted by Crippen LogP contribution is 2.20. The number of aromatic nitrogens is 3. The number of rotatable bonds is 8. The zero-order valence-corrected chi connectivity index (χ0v) is 19.4. The third-order valence-corrected chi connectivity index (χ3v) is 5.86. The number of nitrogens with zero attached hydrogens (tertiary/aromatic N) is 3. The van der Waals surface area contributed by atoms with Crippen molar-refractivity contribution in [3.8, 4) is 5.75 Å². The van der Waals surface area contributed by atoms with Gasteiger partial charge in [-0.25, -0.2) is 9.78 Å². The molecule has 0 bridgehead atoms. The SMILES string of the molecule is CC(C)c1nn2c(=O)cc(COC(=O)c3cccc(NC(=O)COc4ccccc4)c3)nc2s1. The number of ether oxygens (including phenoxy) is 2. The fraction of sp³-hybridized carbons (Fsp3) is 0.208. The molecule has 0 unspecified atom stereocenters. The van der Waals surface area contributed by atoms with Gasteiger partial charge in [-0.2, -0.15) is 9.61 Å². The lowest BCUT2D eigenvalue weighted by atomic mass is 10.2. The van der Waals surface area contributed by atoms with Crippen molar-refractivity contribution in [2.24, 2.45) is 0 Å². The summed E-state index contributed by atoms with van der Waals surface area (Å²) in [4.78, 5) is 41.8. The highest BCUT2D eigenvalue weighted by molar-refractivity contribution is 7.16. The zero-order chi connectivity index (χ0) is 24.1. The van der Waals surface area contributed by atoms with Gasteiger partial charge < -0.3 is 14.8 Å². The summed E-state index contributed by atoms with van der Waals surface area (Å²) in [6.07, 6.45) is 0. The lowest BCUT2D eigenvalue weighted by Crippen LogP contribution is -2.20. The largest absolute Gasteiger partial charge is 0.484 e. The summed E-state index contributed by atoms with van der Waals surface area (Å²) in [5, 5.41) is 7.75. The molecule has 1 amide bonds. The lowest BCUT2D eigenvalue weighted by molar-refractivity contribution is -0.118. The van der Waals surface area contributed by atoms with Crippen LogP contribution < -0.4 is 15.6 Å². The second-order valence-electron chi connectivity index (χ2n) is 7.68.